The summed E-state index contributed by atoms with van der Waals surface area (Å²) in [6.45, 7) is 6.06. The summed E-state index contributed by atoms with van der Waals surface area (Å²) in [7, 11) is 0. The van der Waals surface area contributed by atoms with Crippen molar-refractivity contribution in [2.24, 2.45) is 0 Å². The highest BCUT2D eigenvalue weighted by Gasteiger charge is 2.38. The highest BCUT2D eigenvalue weighted by atomic mass is 35.5. The molecule has 1 fully saturated rings. The minimum Gasteiger partial charge on any atom is -0.361 e. The first-order valence-electron chi connectivity index (χ1n) is 8.04. The first-order valence-corrected chi connectivity index (χ1v) is 8.42. The van der Waals surface area contributed by atoms with E-state index in [0.29, 0.717) is 17.2 Å². The molecule has 132 valence electrons. The normalized spacial score (nSPS) is 18.0. The van der Waals surface area contributed by atoms with Crippen LogP contribution in [0.25, 0.3) is 0 Å². The Kier molecular flexibility index (Phi) is 4.60. The van der Waals surface area contributed by atoms with Crippen molar-refractivity contribution in [3.8, 4) is 0 Å². The van der Waals surface area contributed by atoms with Crippen molar-refractivity contribution in [1.29, 1.82) is 0 Å². The molecule has 0 saturated carbocycles. The summed E-state index contributed by atoms with van der Waals surface area (Å²) >= 11 is 5.79. The average molecular weight is 363 g/mol. The van der Waals surface area contributed by atoms with Crippen LogP contribution in [0.2, 0.25) is 5.02 Å². The number of nitrogens with zero attached hydrogens (tertiary/aromatic N) is 4. The molecule has 0 spiro atoms. The first-order chi connectivity index (χ1) is 11.8. The van der Waals surface area contributed by atoms with Crippen LogP contribution in [-0.2, 0) is 21.4 Å². The van der Waals surface area contributed by atoms with Crippen LogP contribution in [0.3, 0.4) is 0 Å². The Labute approximate surface area is 150 Å². The van der Waals surface area contributed by atoms with Gasteiger partial charge in [-0.05, 0) is 6.42 Å². The number of hydrogen-bond acceptors (Lipinski definition) is 6. The summed E-state index contributed by atoms with van der Waals surface area (Å²) in [6.07, 6.45) is 3.60. The van der Waals surface area contributed by atoms with Crippen LogP contribution in [0.1, 0.15) is 45.1 Å². The number of carbonyl (C=O) groups is 2. The van der Waals surface area contributed by atoms with Gasteiger partial charge >= 0.3 is 0 Å². The highest BCUT2D eigenvalue weighted by molar-refractivity contribution is 6.30. The second-order valence-corrected chi connectivity index (χ2v) is 7.53. The van der Waals surface area contributed by atoms with Gasteiger partial charge in [0.1, 0.15) is 5.76 Å². The van der Waals surface area contributed by atoms with Gasteiger partial charge in [0.15, 0.2) is 5.78 Å². The van der Waals surface area contributed by atoms with Gasteiger partial charge in [0.25, 0.3) is 0 Å². The monoisotopic (exact) mass is 362 g/mol. The third kappa shape index (κ3) is 3.71. The smallest absolute Gasteiger partial charge is 0.232 e. The summed E-state index contributed by atoms with van der Waals surface area (Å²) in [5.74, 6) is 0.388. The van der Waals surface area contributed by atoms with E-state index in [-0.39, 0.29) is 35.9 Å². The SMILES string of the molecule is CC(C)(C)c1cc(CC(=O)[C@@H]2CCC(=O)N2c2ncc(Cl)cn2)on1. The van der Waals surface area contributed by atoms with Crippen molar-refractivity contribution >= 4 is 29.2 Å². The predicted octanol–water partition coefficient (Wildman–Crippen LogP) is 2.72. The number of ketones is 1. The molecular formula is C17H19ClN4O3. The first kappa shape index (κ1) is 17.5. The van der Waals surface area contributed by atoms with Crippen molar-refractivity contribution in [1.82, 2.24) is 15.1 Å². The topological polar surface area (TPSA) is 89.2 Å². The average Bonchev–Trinajstić information content (AvgIpc) is 3.15. The summed E-state index contributed by atoms with van der Waals surface area (Å²) < 4.78 is 5.28. The molecule has 8 heteroatoms. The molecule has 0 aromatic carbocycles. The van der Waals surface area contributed by atoms with Gasteiger partial charge in [-0.15, -0.1) is 0 Å². The second kappa shape index (κ2) is 6.55. The molecule has 1 saturated heterocycles. The Morgan fingerprint density at radius 2 is 2.04 bits per heavy atom. The van der Waals surface area contributed by atoms with Gasteiger partial charge < -0.3 is 4.52 Å². The second-order valence-electron chi connectivity index (χ2n) is 7.09. The van der Waals surface area contributed by atoms with Gasteiger partial charge in [-0.1, -0.05) is 37.5 Å². The molecular weight excluding hydrogens is 344 g/mol. The number of carbonyl (C=O) groups excluding carboxylic acids is 2. The fourth-order valence-electron chi connectivity index (χ4n) is 2.71. The lowest BCUT2D eigenvalue weighted by Crippen LogP contribution is -2.40. The quantitative estimate of drug-likeness (QED) is 0.830. The van der Waals surface area contributed by atoms with E-state index in [2.05, 4.69) is 15.1 Å². The van der Waals surface area contributed by atoms with E-state index < -0.39 is 6.04 Å². The molecule has 1 amide bonds. The molecule has 3 heterocycles. The molecule has 1 aliphatic rings. The van der Waals surface area contributed by atoms with Crippen LogP contribution in [0.5, 0.6) is 0 Å². The summed E-state index contributed by atoms with van der Waals surface area (Å²) in [4.78, 5) is 34.4. The molecule has 7 nitrogen and oxygen atoms in total. The molecule has 1 aliphatic heterocycles. The van der Waals surface area contributed by atoms with Crippen LogP contribution >= 0.6 is 11.6 Å². The van der Waals surface area contributed by atoms with E-state index in [9.17, 15) is 9.59 Å². The van der Waals surface area contributed by atoms with E-state index in [1.807, 2.05) is 20.8 Å². The van der Waals surface area contributed by atoms with Crippen LogP contribution in [0, 0.1) is 0 Å². The van der Waals surface area contributed by atoms with Gasteiger partial charge in [-0.2, -0.15) is 0 Å². The Morgan fingerprint density at radius 3 is 2.64 bits per heavy atom. The number of anilines is 1. The van der Waals surface area contributed by atoms with E-state index in [0.717, 1.165) is 5.69 Å². The summed E-state index contributed by atoms with van der Waals surface area (Å²) in [6, 6.07) is 1.19. The van der Waals surface area contributed by atoms with Crippen LogP contribution in [-0.4, -0.2) is 32.9 Å². The van der Waals surface area contributed by atoms with Gasteiger partial charge in [-0.3, -0.25) is 14.5 Å². The zero-order valence-electron chi connectivity index (χ0n) is 14.3. The number of aromatic nitrogens is 3. The van der Waals surface area contributed by atoms with Crippen LogP contribution in [0.15, 0.2) is 23.0 Å². The lowest BCUT2D eigenvalue weighted by molar-refractivity contribution is -0.122. The maximum absolute atomic E-state index is 12.7. The largest absolute Gasteiger partial charge is 0.361 e. The van der Waals surface area contributed by atoms with Crippen molar-refractivity contribution in [3.63, 3.8) is 0 Å². The lowest BCUT2D eigenvalue weighted by Gasteiger charge is -2.21. The fraction of sp³-hybridized carbons (Fsp3) is 0.471. The lowest BCUT2D eigenvalue weighted by atomic mass is 9.92. The number of hydrogen-bond donors (Lipinski definition) is 0. The van der Waals surface area contributed by atoms with E-state index in [4.69, 9.17) is 16.1 Å². The molecule has 3 rings (SSSR count). The van der Waals surface area contributed by atoms with Crippen molar-refractivity contribution in [3.05, 3.63) is 34.9 Å². The third-order valence-electron chi connectivity index (χ3n) is 4.08. The van der Waals surface area contributed by atoms with Crippen LogP contribution < -0.4 is 4.90 Å². The molecule has 2 aromatic heterocycles. The van der Waals surface area contributed by atoms with E-state index >= 15 is 0 Å². The third-order valence-corrected chi connectivity index (χ3v) is 4.28. The molecule has 0 bridgehead atoms. The molecule has 25 heavy (non-hydrogen) atoms. The summed E-state index contributed by atoms with van der Waals surface area (Å²) in [5, 5.41) is 4.39. The Balaban J connectivity index is 1.77. The maximum atomic E-state index is 12.7. The predicted molar refractivity (Wildman–Crippen MR) is 91.5 cm³/mol. The molecule has 0 radical (unpaired) electrons. The van der Waals surface area contributed by atoms with Crippen molar-refractivity contribution in [2.45, 2.75) is 51.5 Å². The van der Waals surface area contributed by atoms with Gasteiger partial charge in [0, 0.05) is 17.9 Å². The summed E-state index contributed by atoms with van der Waals surface area (Å²) in [5.41, 5.74) is 0.632. The Hall–Kier alpha value is -2.28. The van der Waals surface area contributed by atoms with Gasteiger partial charge in [-0.25, -0.2) is 9.97 Å². The van der Waals surface area contributed by atoms with E-state index in [1.54, 1.807) is 6.07 Å². The Bertz CT molecular complexity index is 795. The molecule has 0 aliphatic carbocycles. The molecule has 0 N–H and O–H groups in total. The van der Waals surface area contributed by atoms with Gasteiger partial charge in [0.2, 0.25) is 11.9 Å². The zero-order chi connectivity index (χ0) is 18.2. The zero-order valence-corrected chi connectivity index (χ0v) is 15.1. The fourth-order valence-corrected chi connectivity index (χ4v) is 2.81. The Morgan fingerprint density at radius 1 is 1.36 bits per heavy atom. The standard InChI is InChI=1S/C17H19ClN4O3/c1-17(2,3)14-7-11(25-21-14)6-13(23)12-4-5-15(24)22(12)16-19-8-10(18)9-20-16/h7-9,12H,4-6H2,1-3H3/t12-/m0/s1. The molecule has 2 aromatic rings. The molecule has 1 atom stereocenters. The van der Waals surface area contributed by atoms with Crippen molar-refractivity contribution in [2.75, 3.05) is 4.90 Å². The number of Topliss-reactive ketones (excluding diaryl/α,β-unsaturated/α-hetero) is 1. The van der Waals surface area contributed by atoms with Crippen LogP contribution in [0.4, 0.5) is 5.95 Å². The van der Waals surface area contributed by atoms with Crippen molar-refractivity contribution < 1.29 is 14.1 Å². The highest BCUT2D eigenvalue weighted by Crippen LogP contribution is 2.27. The minimum absolute atomic E-state index is 0.0745. The number of halogens is 1. The number of rotatable bonds is 4. The van der Waals surface area contributed by atoms with Gasteiger partial charge in [0.05, 0.1) is 35.6 Å². The number of amides is 1. The maximum Gasteiger partial charge on any atom is 0.232 e. The van der Waals surface area contributed by atoms with E-state index in [1.165, 1.54) is 17.3 Å². The molecule has 0 unspecified atom stereocenters. The minimum atomic E-state index is -0.600.